The third-order valence-electron chi connectivity index (χ3n) is 3.62. The second kappa shape index (κ2) is 3.44. The average Bonchev–Trinajstić information content (AvgIpc) is 2.27. The van der Waals surface area contributed by atoms with Gasteiger partial charge in [0.15, 0.2) is 0 Å². The standard InChI is InChI=1S/C16H17N/c1-11-5-6-12-9-13-4-3-7-16(2,17)15(13)10-14(12)8-11/h3-6,8-10H,7,17H2,1-2H3. The highest BCUT2D eigenvalue weighted by Crippen LogP contribution is 2.34. The summed E-state index contributed by atoms with van der Waals surface area (Å²) in [4.78, 5) is 0. The highest BCUT2D eigenvalue weighted by Gasteiger charge is 2.25. The van der Waals surface area contributed by atoms with Gasteiger partial charge in [0.1, 0.15) is 0 Å². The Balaban J connectivity index is 2.34. The molecule has 0 bridgehead atoms. The molecule has 0 fully saturated rings. The lowest BCUT2D eigenvalue weighted by molar-refractivity contribution is 0.498. The number of rotatable bonds is 0. The van der Waals surface area contributed by atoms with Crippen molar-refractivity contribution in [2.75, 3.05) is 0 Å². The number of hydrogen-bond donors (Lipinski definition) is 1. The fraction of sp³-hybridized carbons (Fsp3) is 0.250. The van der Waals surface area contributed by atoms with Crippen molar-refractivity contribution >= 4 is 16.8 Å². The van der Waals surface area contributed by atoms with Gasteiger partial charge in [-0.05, 0) is 54.3 Å². The fourth-order valence-corrected chi connectivity index (χ4v) is 2.61. The lowest BCUT2D eigenvalue weighted by Crippen LogP contribution is -2.34. The number of hydrogen-bond acceptors (Lipinski definition) is 1. The summed E-state index contributed by atoms with van der Waals surface area (Å²) >= 11 is 0. The molecule has 0 amide bonds. The maximum absolute atomic E-state index is 6.37. The predicted octanol–water partition coefficient (Wildman–Crippen LogP) is 3.74. The Bertz CT molecular complexity index is 621. The lowest BCUT2D eigenvalue weighted by atomic mass is 9.81. The van der Waals surface area contributed by atoms with Crippen LogP contribution in [-0.4, -0.2) is 0 Å². The van der Waals surface area contributed by atoms with Gasteiger partial charge in [0.05, 0.1) is 0 Å². The maximum Gasteiger partial charge on any atom is 0.0422 e. The first-order valence-electron chi connectivity index (χ1n) is 6.07. The highest BCUT2D eigenvalue weighted by molar-refractivity contribution is 5.87. The van der Waals surface area contributed by atoms with Gasteiger partial charge in [0, 0.05) is 5.54 Å². The van der Waals surface area contributed by atoms with Crippen molar-refractivity contribution in [3.63, 3.8) is 0 Å². The van der Waals surface area contributed by atoms with Gasteiger partial charge in [0.2, 0.25) is 0 Å². The summed E-state index contributed by atoms with van der Waals surface area (Å²) in [5, 5.41) is 2.58. The molecule has 1 heteroatoms. The van der Waals surface area contributed by atoms with Gasteiger partial charge in [-0.25, -0.2) is 0 Å². The van der Waals surface area contributed by atoms with Crippen LogP contribution in [0.1, 0.15) is 30.0 Å². The molecule has 17 heavy (non-hydrogen) atoms. The van der Waals surface area contributed by atoms with E-state index in [0.717, 1.165) is 6.42 Å². The molecule has 86 valence electrons. The Morgan fingerprint density at radius 1 is 1.12 bits per heavy atom. The molecule has 2 N–H and O–H groups in total. The molecule has 0 saturated carbocycles. The van der Waals surface area contributed by atoms with Crippen LogP contribution in [0.2, 0.25) is 0 Å². The van der Waals surface area contributed by atoms with E-state index >= 15 is 0 Å². The Hall–Kier alpha value is -1.60. The molecule has 1 atom stereocenters. The van der Waals surface area contributed by atoms with Crippen LogP contribution in [-0.2, 0) is 5.54 Å². The summed E-state index contributed by atoms with van der Waals surface area (Å²) in [5.41, 5.74) is 9.95. The van der Waals surface area contributed by atoms with Crippen LogP contribution in [0.25, 0.3) is 16.8 Å². The molecule has 2 aromatic rings. The summed E-state index contributed by atoms with van der Waals surface area (Å²) in [6.07, 6.45) is 5.27. The van der Waals surface area contributed by atoms with E-state index < -0.39 is 0 Å². The minimum Gasteiger partial charge on any atom is -0.321 e. The monoisotopic (exact) mass is 223 g/mol. The van der Waals surface area contributed by atoms with E-state index in [0.29, 0.717) is 0 Å². The lowest BCUT2D eigenvalue weighted by Gasteiger charge is -2.29. The minimum atomic E-state index is -0.234. The van der Waals surface area contributed by atoms with Crippen LogP contribution in [0.4, 0.5) is 0 Å². The highest BCUT2D eigenvalue weighted by atomic mass is 14.7. The van der Waals surface area contributed by atoms with Crippen LogP contribution in [0.5, 0.6) is 0 Å². The first kappa shape index (κ1) is 10.5. The number of benzene rings is 2. The fourth-order valence-electron chi connectivity index (χ4n) is 2.61. The maximum atomic E-state index is 6.37. The smallest absolute Gasteiger partial charge is 0.0422 e. The zero-order chi connectivity index (χ0) is 12.0. The molecular weight excluding hydrogens is 206 g/mol. The van der Waals surface area contributed by atoms with Crippen molar-refractivity contribution in [3.05, 3.63) is 53.1 Å². The SMILES string of the molecule is Cc1ccc2cc3c(cc2c1)C(C)(N)CC=C3. The molecule has 1 unspecified atom stereocenters. The average molecular weight is 223 g/mol. The van der Waals surface area contributed by atoms with Gasteiger partial charge in [-0.15, -0.1) is 0 Å². The van der Waals surface area contributed by atoms with Crippen molar-refractivity contribution in [3.8, 4) is 0 Å². The van der Waals surface area contributed by atoms with Gasteiger partial charge < -0.3 is 5.73 Å². The van der Waals surface area contributed by atoms with E-state index in [9.17, 15) is 0 Å². The quantitative estimate of drug-likeness (QED) is 0.723. The molecular formula is C16H17N. The van der Waals surface area contributed by atoms with Crippen molar-refractivity contribution in [1.29, 1.82) is 0 Å². The van der Waals surface area contributed by atoms with Gasteiger partial charge in [0.25, 0.3) is 0 Å². The topological polar surface area (TPSA) is 26.0 Å². The molecule has 0 aromatic heterocycles. The largest absolute Gasteiger partial charge is 0.321 e. The summed E-state index contributed by atoms with van der Waals surface area (Å²) in [6.45, 7) is 4.23. The summed E-state index contributed by atoms with van der Waals surface area (Å²) in [6, 6.07) is 11.1. The van der Waals surface area contributed by atoms with Gasteiger partial charge in [-0.2, -0.15) is 0 Å². The van der Waals surface area contributed by atoms with E-state index in [1.807, 2.05) is 0 Å². The van der Waals surface area contributed by atoms with Crippen molar-refractivity contribution < 1.29 is 0 Å². The molecule has 0 radical (unpaired) electrons. The second-order valence-electron chi connectivity index (χ2n) is 5.31. The normalized spacial score (nSPS) is 22.8. The molecule has 0 aliphatic heterocycles. The molecule has 0 heterocycles. The van der Waals surface area contributed by atoms with E-state index in [1.165, 1.54) is 27.5 Å². The van der Waals surface area contributed by atoms with Gasteiger partial charge >= 0.3 is 0 Å². The van der Waals surface area contributed by atoms with Crippen molar-refractivity contribution in [1.82, 2.24) is 0 Å². The van der Waals surface area contributed by atoms with Crippen LogP contribution in [0, 0.1) is 6.92 Å². The molecule has 1 aliphatic rings. The molecule has 0 spiro atoms. The van der Waals surface area contributed by atoms with E-state index in [1.54, 1.807) is 0 Å². The first-order chi connectivity index (χ1) is 8.06. The molecule has 2 aromatic carbocycles. The Morgan fingerprint density at radius 3 is 2.76 bits per heavy atom. The molecule has 0 saturated heterocycles. The molecule has 1 aliphatic carbocycles. The van der Waals surface area contributed by atoms with E-state index in [-0.39, 0.29) is 5.54 Å². The summed E-state index contributed by atoms with van der Waals surface area (Å²) < 4.78 is 0. The van der Waals surface area contributed by atoms with Gasteiger partial charge in [-0.3, -0.25) is 0 Å². The zero-order valence-corrected chi connectivity index (χ0v) is 10.3. The number of fused-ring (bicyclic) bond motifs is 2. The van der Waals surface area contributed by atoms with Crippen molar-refractivity contribution in [2.45, 2.75) is 25.8 Å². The molecule has 1 nitrogen and oxygen atoms in total. The zero-order valence-electron chi connectivity index (χ0n) is 10.3. The Labute approximate surface area is 102 Å². The predicted molar refractivity (Wildman–Crippen MR) is 73.9 cm³/mol. The van der Waals surface area contributed by atoms with Crippen LogP contribution < -0.4 is 5.73 Å². The van der Waals surface area contributed by atoms with E-state index in [4.69, 9.17) is 5.73 Å². The minimum absolute atomic E-state index is 0.234. The Kier molecular flexibility index (Phi) is 2.14. The summed E-state index contributed by atoms with van der Waals surface area (Å²) in [7, 11) is 0. The van der Waals surface area contributed by atoms with Gasteiger partial charge in [-0.1, -0.05) is 35.9 Å². The van der Waals surface area contributed by atoms with Crippen LogP contribution >= 0.6 is 0 Å². The molecule has 3 rings (SSSR count). The number of aryl methyl sites for hydroxylation is 1. The number of nitrogens with two attached hydrogens (primary N) is 1. The van der Waals surface area contributed by atoms with Crippen LogP contribution in [0.3, 0.4) is 0 Å². The third-order valence-corrected chi connectivity index (χ3v) is 3.62. The third kappa shape index (κ3) is 1.67. The second-order valence-corrected chi connectivity index (χ2v) is 5.31. The Morgan fingerprint density at radius 2 is 1.94 bits per heavy atom. The first-order valence-corrected chi connectivity index (χ1v) is 6.07. The van der Waals surface area contributed by atoms with Crippen molar-refractivity contribution in [2.24, 2.45) is 5.73 Å². The van der Waals surface area contributed by atoms with E-state index in [2.05, 4.69) is 56.3 Å². The summed E-state index contributed by atoms with van der Waals surface area (Å²) in [5.74, 6) is 0. The van der Waals surface area contributed by atoms with Crippen LogP contribution in [0.15, 0.2) is 36.4 Å².